The van der Waals surface area contributed by atoms with Crippen molar-refractivity contribution in [2.75, 3.05) is 11.4 Å². The van der Waals surface area contributed by atoms with Crippen LogP contribution >= 0.6 is 11.6 Å². The number of hydrogen-bond donors (Lipinski definition) is 0. The summed E-state index contributed by atoms with van der Waals surface area (Å²) < 4.78 is 64.1. The van der Waals surface area contributed by atoms with Gasteiger partial charge >= 0.3 is 6.29 Å². The van der Waals surface area contributed by atoms with Crippen LogP contribution in [0, 0.1) is 13.8 Å². The molecule has 11 heteroatoms. The second-order valence-corrected chi connectivity index (χ2v) is 9.01. The van der Waals surface area contributed by atoms with Crippen LogP contribution < -0.4 is 13.8 Å². The van der Waals surface area contributed by atoms with Gasteiger partial charge in [-0.05, 0) is 44.2 Å². The van der Waals surface area contributed by atoms with Crippen molar-refractivity contribution < 1.29 is 26.7 Å². The quantitative estimate of drug-likeness (QED) is 0.586. The van der Waals surface area contributed by atoms with Crippen molar-refractivity contribution in [2.24, 2.45) is 0 Å². The number of aryl methyl sites for hydroxylation is 1. The molecule has 1 aliphatic heterocycles. The molecule has 0 atom stereocenters. The summed E-state index contributed by atoms with van der Waals surface area (Å²) in [5, 5.41) is 4.83. The molecule has 158 valence electrons. The Kier molecular flexibility index (Phi) is 4.66. The SMILES string of the molecule is Cc1nn(-c2cccc(S(=O)(=O)N(C)c3ccc4c(c3)OC(F)(F)O4)c2)c(C)c1Cl. The fraction of sp³-hybridized carbons (Fsp3) is 0.211. The van der Waals surface area contributed by atoms with Crippen molar-refractivity contribution in [2.45, 2.75) is 25.0 Å². The molecule has 0 saturated heterocycles. The molecule has 1 aliphatic rings. The summed E-state index contributed by atoms with van der Waals surface area (Å²) in [7, 11) is -2.69. The first kappa shape index (κ1) is 20.4. The molecule has 0 N–H and O–H groups in total. The molecule has 0 amide bonds. The van der Waals surface area contributed by atoms with Gasteiger partial charge in [0.25, 0.3) is 10.0 Å². The lowest BCUT2D eigenvalue weighted by molar-refractivity contribution is -0.286. The number of anilines is 1. The Morgan fingerprint density at radius 3 is 2.47 bits per heavy atom. The summed E-state index contributed by atoms with van der Waals surface area (Å²) in [6.07, 6.45) is -3.78. The first-order chi connectivity index (χ1) is 14.0. The van der Waals surface area contributed by atoms with E-state index in [9.17, 15) is 17.2 Å². The number of rotatable bonds is 4. The van der Waals surface area contributed by atoms with Gasteiger partial charge in [-0.1, -0.05) is 17.7 Å². The molecule has 0 saturated carbocycles. The second kappa shape index (κ2) is 6.85. The highest BCUT2D eigenvalue weighted by atomic mass is 35.5. The van der Waals surface area contributed by atoms with Gasteiger partial charge in [0.05, 0.1) is 32.7 Å². The fourth-order valence-corrected chi connectivity index (χ4v) is 4.43. The largest absolute Gasteiger partial charge is 0.586 e. The molecule has 0 unspecified atom stereocenters. The van der Waals surface area contributed by atoms with E-state index in [0.29, 0.717) is 22.1 Å². The zero-order valence-electron chi connectivity index (χ0n) is 16.1. The first-order valence-corrected chi connectivity index (χ1v) is 10.5. The van der Waals surface area contributed by atoms with Crippen LogP contribution in [0.25, 0.3) is 5.69 Å². The molecule has 0 radical (unpaired) electrons. The zero-order chi connectivity index (χ0) is 21.8. The monoisotopic (exact) mass is 455 g/mol. The molecule has 0 aliphatic carbocycles. The van der Waals surface area contributed by atoms with Crippen molar-refractivity contribution in [3.05, 3.63) is 58.9 Å². The number of alkyl halides is 2. The maximum atomic E-state index is 13.2. The number of fused-ring (bicyclic) bond motifs is 1. The summed E-state index contributed by atoms with van der Waals surface area (Å²) in [6.45, 7) is 3.53. The minimum Gasteiger partial charge on any atom is -0.395 e. The van der Waals surface area contributed by atoms with Crippen molar-refractivity contribution in [3.63, 3.8) is 0 Å². The third-order valence-corrected chi connectivity index (χ3v) is 7.00. The Morgan fingerprint density at radius 1 is 1.10 bits per heavy atom. The van der Waals surface area contributed by atoms with Crippen LogP contribution in [-0.2, 0) is 10.0 Å². The summed E-state index contributed by atoms with van der Waals surface area (Å²) >= 11 is 6.19. The number of hydrogen-bond acceptors (Lipinski definition) is 5. The van der Waals surface area contributed by atoms with E-state index in [2.05, 4.69) is 14.6 Å². The Hall–Kier alpha value is -2.85. The molecular formula is C19H16ClF2N3O4S. The Morgan fingerprint density at radius 2 is 1.80 bits per heavy atom. The van der Waals surface area contributed by atoms with Gasteiger partial charge in [-0.15, -0.1) is 8.78 Å². The second-order valence-electron chi connectivity index (χ2n) is 6.67. The number of benzene rings is 2. The molecule has 0 fully saturated rings. The number of aromatic nitrogens is 2. The Balaban J connectivity index is 1.70. The molecule has 2 heterocycles. The highest BCUT2D eigenvalue weighted by molar-refractivity contribution is 7.92. The van der Waals surface area contributed by atoms with E-state index in [1.165, 1.54) is 37.4 Å². The van der Waals surface area contributed by atoms with Crippen LogP contribution in [0.15, 0.2) is 47.4 Å². The summed E-state index contributed by atoms with van der Waals surface area (Å²) in [5.74, 6) is -0.413. The van der Waals surface area contributed by atoms with Crippen LogP contribution in [0.3, 0.4) is 0 Å². The molecule has 0 spiro atoms. The van der Waals surface area contributed by atoms with Crippen LogP contribution in [0.4, 0.5) is 14.5 Å². The average Bonchev–Trinajstić information content (AvgIpc) is 3.15. The lowest BCUT2D eigenvalue weighted by Gasteiger charge is -2.20. The number of sulfonamides is 1. The van der Waals surface area contributed by atoms with Crippen LogP contribution in [0.1, 0.15) is 11.4 Å². The number of halogens is 3. The standard InChI is InChI=1S/C19H16ClF2N3O4S/c1-11-18(20)12(2)25(23-11)14-5-4-6-15(9-14)30(26,27)24(3)13-7-8-16-17(10-13)29-19(21,22)28-16/h4-10H,1-3H3. The molecule has 2 aromatic carbocycles. The smallest absolute Gasteiger partial charge is 0.395 e. The third kappa shape index (κ3) is 3.35. The van der Waals surface area contributed by atoms with E-state index >= 15 is 0 Å². The van der Waals surface area contributed by atoms with Crippen LogP contribution in [0.2, 0.25) is 5.02 Å². The molecule has 4 rings (SSSR count). The third-order valence-electron chi connectivity index (χ3n) is 4.67. The predicted octanol–water partition coefficient (Wildman–Crippen LogP) is 4.29. The van der Waals surface area contributed by atoms with E-state index in [-0.39, 0.29) is 22.1 Å². The fourth-order valence-electron chi connectivity index (χ4n) is 3.08. The van der Waals surface area contributed by atoms with Gasteiger partial charge in [0.15, 0.2) is 11.5 Å². The predicted molar refractivity (Wildman–Crippen MR) is 106 cm³/mol. The maximum absolute atomic E-state index is 13.2. The lowest BCUT2D eigenvalue weighted by atomic mass is 10.3. The van der Waals surface area contributed by atoms with Gasteiger partial charge in [-0.3, -0.25) is 4.31 Å². The van der Waals surface area contributed by atoms with Crippen LogP contribution in [-0.4, -0.2) is 31.5 Å². The Labute approximate surface area is 176 Å². The van der Waals surface area contributed by atoms with Gasteiger partial charge in [0, 0.05) is 13.1 Å². The van der Waals surface area contributed by atoms with Gasteiger partial charge in [-0.25, -0.2) is 13.1 Å². The zero-order valence-corrected chi connectivity index (χ0v) is 17.6. The first-order valence-electron chi connectivity index (χ1n) is 8.70. The summed E-state index contributed by atoms with van der Waals surface area (Å²) in [6, 6.07) is 9.95. The van der Waals surface area contributed by atoms with Gasteiger partial charge in [0.1, 0.15) is 0 Å². The highest BCUT2D eigenvalue weighted by Crippen LogP contribution is 2.43. The number of ether oxygens (including phenoxy) is 2. The summed E-state index contributed by atoms with van der Waals surface area (Å²) in [4.78, 5) is -0.00540. The van der Waals surface area contributed by atoms with Crippen molar-refractivity contribution in [1.82, 2.24) is 9.78 Å². The molecular weight excluding hydrogens is 440 g/mol. The van der Waals surface area contributed by atoms with E-state index in [1.54, 1.807) is 30.7 Å². The lowest BCUT2D eigenvalue weighted by Crippen LogP contribution is -2.27. The molecule has 7 nitrogen and oxygen atoms in total. The molecule has 30 heavy (non-hydrogen) atoms. The van der Waals surface area contributed by atoms with Crippen molar-refractivity contribution in [3.8, 4) is 17.2 Å². The molecule has 3 aromatic rings. The minimum absolute atomic E-state index is 0.00540. The minimum atomic E-state index is -4.01. The van der Waals surface area contributed by atoms with Gasteiger partial charge in [-0.2, -0.15) is 5.10 Å². The van der Waals surface area contributed by atoms with Crippen LogP contribution in [0.5, 0.6) is 11.5 Å². The molecule has 1 aromatic heterocycles. The van der Waals surface area contributed by atoms with E-state index in [4.69, 9.17) is 11.6 Å². The maximum Gasteiger partial charge on any atom is 0.586 e. The number of nitrogens with zero attached hydrogens (tertiary/aromatic N) is 3. The van der Waals surface area contributed by atoms with Gasteiger partial charge < -0.3 is 9.47 Å². The normalized spacial score (nSPS) is 14.7. The van der Waals surface area contributed by atoms with Crippen molar-refractivity contribution >= 4 is 27.3 Å². The Bertz CT molecular complexity index is 1260. The highest BCUT2D eigenvalue weighted by Gasteiger charge is 2.43. The average molecular weight is 456 g/mol. The summed E-state index contributed by atoms with van der Waals surface area (Å²) in [5.41, 5.74) is 1.95. The van der Waals surface area contributed by atoms with E-state index in [1.807, 2.05) is 0 Å². The van der Waals surface area contributed by atoms with Gasteiger partial charge in [0.2, 0.25) is 0 Å². The topological polar surface area (TPSA) is 73.7 Å². The van der Waals surface area contributed by atoms with E-state index in [0.717, 1.165) is 4.31 Å². The molecule has 0 bridgehead atoms. The van der Waals surface area contributed by atoms with Crippen molar-refractivity contribution in [1.29, 1.82) is 0 Å². The van der Waals surface area contributed by atoms with E-state index < -0.39 is 16.3 Å².